The summed E-state index contributed by atoms with van der Waals surface area (Å²) in [5.41, 5.74) is -0.878. The highest BCUT2D eigenvalue weighted by Gasteiger charge is 2.24. The van der Waals surface area contributed by atoms with Crippen LogP contribution in [0.1, 0.15) is 5.56 Å². The molecule has 78 valence electrons. The molecule has 0 nitrogen and oxygen atoms in total. The third kappa shape index (κ3) is 1.68. The molecule has 0 aliphatic heterocycles. The van der Waals surface area contributed by atoms with Gasteiger partial charge in [-0.3, -0.25) is 0 Å². The van der Waals surface area contributed by atoms with Crippen molar-refractivity contribution in [1.29, 1.82) is 0 Å². The second-order valence-electron chi connectivity index (χ2n) is 2.49. The largest absolute Gasteiger partial charge is 0.203 e. The van der Waals surface area contributed by atoms with Gasteiger partial charge >= 0.3 is 0 Å². The van der Waals surface area contributed by atoms with Gasteiger partial charge in [-0.05, 0) is 6.42 Å². The second kappa shape index (κ2) is 4.13. The first-order valence-electron chi connectivity index (χ1n) is 3.57. The molecular weight excluding hydrogens is 227 g/mol. The topological polar surface area (TPSA) is 0 Å². The second-order valence-corrected chi connectivity index (χ2v) is 2.87. The van der Waals surface area contributed by atoms with E-state index in [-0.39, 0.29) is 5.88 Å². The van der Waals surface area contributed by atoms with E-state index in [1.807, 2.05) is 0 Å². The normalized spacial score (nSPS) is 10.7. The molecule has 0 atom stereocenters. The molecule has 1 aromatic rings. The standard InChI is InChI=1S/C8H4ClF5/c9-2-1-3-4(10)6(12)8(14)7(13)5(3)11/h1-2H2. The molecule has 0 radical (unpaired) electrons. The molecule has 0 saturated heterocycles. The Hall–Kier alpha value is -0.840. The Morgan fingerprint density at radius 1 is 0.714 bits per heavy atom. The van der Waals surface area contributed by atoms with Gasteiger partial charge < -0.3 is 0 Å². The fraction of sp³-hybridized carbons (Fsp3) is 0.250. The van der Waals surface area contributed by atoms with Crippen LogP contribution in [0.5, 0.6) is 0 Å². The number of alkyl halides is 1. The zero-order valence-corrected chi connectivity index (χ0v) is 7.44. The van der Waals surface area contributed by atoms with Crippen LogP contribution in [0, 0.1) is 29.1 Å². The van der Waals surface area contributed by atoms with E-state index in [0.717, 1.165) is 0 Å². The maximum Gasteiger partial charge on any atom is 0.200 e. The van der Waals surface area contributed by atoms with E-state index in [4.69, 9.17) is 11.6 Å². The van der Waals surface area contributed by atoms with Crippen LogP contribution in [-0.2, 0) is 6.42 Å². The van der Waals surface area contributed by atoms with Crippen LogP contribution in [0.15, 0.2) is 0 Å². The molecule has 0 spiro atoms. The lowest BCUT2D eigenvalue weighted by Crippen LogP contribution is -2.07. The maximum absolute atomic E-state index is 12.8. The number of hydrogen-bond donors (Lipinski definition) is 0. The van der Waals surface area contributed by atoms with Crippen molar-refractivity contribution >= 4 is 11.6 Å². The highest BCUT2D eigenvalue weighted by molar-refractivity contribution is 6.17. The molecule has 0 aliphatic carbocycles. The van der Waals surface area contributed by atoms with Crippen LogP contribution >= 0.6 is 11.6 Å². The highest BCUT2D eigenvalue weighted by atomic mass is 35.5. The van der Waals surface area contributed by atoms with E-state index in [1.165, 1.54) is 0 Å². The third-order valence-corrected chi connectivity index (χ3v) is 1.83. The van der Waals surface area contributed by atoms with E-state index < -0.39 is 41.1 Å². The molecule has 0 aliphatic rings. The minimum Gasteiger partial charge on any atom is -0.203 e. The molecule has 0 aromatic heterocycles. The molecule has 0 N–H and O–H groups in total. The van der Waals surface area contributed by atoms with Crippen LogP contribution in [0.3, 0.4) is 0 Å². The third-order valence-electron chi connectivity index (χ3n) is 1.65. The molecule has 0 amide bonds. The lowest BCUT2D eigenvalue weighted by atomic mass is 10.1. The van der Waals surface area contributed by atoms with Gasteiger partial charge in [0.25, 0.3) is 0 Å². The van der Waals surface area contributed by atoms with Crippen molar-refractivity contribution in [3.63, 3.8) is 0 Å². The van der Waals surface area contributed by atoms with Gasteiger partial charge in [-0.1, -0.05) is 0 Å². The quantitative estimate of drug-likeness (QED) is 0.317. The number of benzene rings is 1. The Morgan fingerprint density at radius 2 is 1.07 bits per heavy atom. The van der Waals surface area contributed by atoms with Gasteiger partial charge in [-0.2, -0.15) is 0 Å². The first kappa shape index (κ1) is 11.2. The summed E-state index contributed by atoms with van der Waals surface area (Å²) in [5, 5.41) is 0. The van der Waals surface area contributed by atoms with Gasteiger partial charge in [-0.25, -0.2) is 22.0 Å². The molecule has 6 heteroatoms. The summed E-state index contributed by atoms with van der Waals surface area (Å²) in [5.74, 6) is -9.89. The van der Waals surface area contributed by atoms with Crippen molar-refractivity contribution in [3.05, 3.63) is 34.6 Å². The van der Waals surface area contributed by atoms with Crippen LogP contribution in [-0.4, -0.2) is 5.88 Å². The lowest BCUT2D eigenvalue weighted by Gasteiger charge is -2.05. The molecule has 14 heavy (non-hydrogen) atoms. The van der Waals surface area contributed by atoms with Crippen molar-refractivity contribution in [2.75, 3.05) is 5.88 Å². The summed E-state index contributed by atoms with van der Waals surface area (Å²) < 4.78 is 63.1. The van der Waals surface area contributed by atoms with Crippen LogP contribution in [0.2, 0.25) is 0 Å². The minimum atomic E-state index is -2.15. The summed E-state index contributed by atoms with van der Waals surface area (Å²) in [7, 11) is 0. The van der Waals surface area contributed by atoms with Gasteiger partial charge in [0, 0.05) is 11.4 Å². The van der Waals surface area contributed by atoms with Crippen molar-refractivity contribution in [3.8, 4) is 0 Å². The van der Waals surface area contributed by atoms with Gasteiger partial charge in [0.15, 0.2) is 23.3 Å². The van der Waals surface area contributed by atoms with Crippen molar-refractivity contribution in [2.24, 2.45) is 0 Å². The smallest absolute Gasteiger partial charge is 0.200 e. The van der Waals surface area contributed by atoms with E-state index in [0.29, 0.717) is 0 Å². The molecule has 0 heterocycles. The van der Waals surface area contributed by atoms with Gasteiger partial charge in [-0.15, -0.1) is 11.6 Å². The summed E-state index contributed by atoms with van der Waals surface area (Å²) in [6, 6.07) is 0. The summed E-state index contributed by atoms with van der Waals surface area (Å²) in [6.07, 6.45) is -0.409. The first-order valence-corrected chi connectivity index (χ1v) is 4.10. The highest BCUT2D eigenvalue weighted by Crippen LogP contribution is 2.23. The monoisotopic (exact) mass is 230 g/mol. The molecular formula is C8H4ClF5. The van der Waals surface area contributed by atoms with Gasteiger partial charge in [0.1, 0.15) is 0 Å². The van der Waals surface area contributed by atoms with E-state index in [1.54, 1.807) is 0 Å². The predicted molar refractivity (Wildman–Crippen MR) is 40.7 cm³/mol. The fourth-order valence-corrected chi connectivity index (χ4v) is 1.15. The Morgan fingerprint density at radius 3 is 1.43 bits per heavy atom. The van der Waals surface area contributed by atoms with Gasteiger partial charge in [0.05, 0.1) is 0 Å². The fourth-order valence-electron chi connectivity index (χ4n) is 0.964. The SMILES string of the molecule is Fc1c(F)c(F)c(CCCl)c(F)c1F. The molecule has 0 fully saturated rings. The zero-order chi connectivity index (χ0) is 10.9. The Labute approximate surface area is 81.3 Å². The number of rotatable bonds is 2. The number of hydrogen-bond acceptors (Lipinski definition) is 0. The minimum absolute atomic E-state index is 0.224. The molecule has 0 bridgehead atoms. The van der Waals surface area contributed by atoms with Crippen LogP contribution in [0.4, 0.5) is 22.0 Å². The number of halogens is 6. The molecule has 1 rings (SSSR count). The Balaban J connectivity index is 3.43. The summed E-state index contributed by atoms with van der Waals surface area (Å²) >= 11 is 5.15. The Kier molecular flexibility index (Phi) is 3.31. The van der Waals surface area contributed by atoms with E-state index in [9.17, 15) is 22.0 Å². The summed E-state index contributed by atoms with van der Waals surface area (Å²) in [4.78, 5) is 0. The molecule has 0 saturated carbocycles. The summed E-state index contributed by atoms with van der Waals surface area (Å²) in [6.45, 7) is 0. The van der Waals surface area contributed by atoms with Crippen LogP contribution < -0.4 is 0 Å². The first-order chi connectivity index (χ1) is 6.50. The van der Waals surface area contributed by atoms with Gasteiger partial charge in [0.2, 0.25) is 5.82 Å². The Bertz CT molecular complexity index is 334. The van der Waals surface area contributed by atoms with Crippen molar-refractivity contribution in [1.82, 2.24) is 0 Å². The van der Waals surface area contributed by atoms with Crippen LogP contribution in [0.25, 0.3) is 0 Å². The maximum atomic E-state index is 12.8. The predicted octanol–water partition coefficient (Wildman–Crippen LogP) is 3.16. The lowest BCUT2D eigenvalue weighted by molar-refractivity contribution is 0.371. The molecule has 1 aromatic carbocycles. The molecule has 0 unspecified atom stereocenters. The van der Waals surface area contributed by atoms with E-state index >= 15 is 0 Å². The zero-order valence-electron chi connectivity index (χ0n) is 6.68. The van der Waals surface area contributed by atoms with Crippen molar-refractivity contribution in [2.45, 2.75) is 6.42 Å². The van der Waals surface area contributed by atoms with Crippen molar-refractivity contribution < 1.29 is 22.0 Å². The average Bonchev–Trinajstić information content (AvgIpc) is 2.19. The average molecular weight is 231 g/mol. The van der Waals surface area contributed by atoms with E-state index in [2.05, 4.69) is 0 Å².